The Labute approximate surface area is 59.7 Å². The summed E-state index contributed by atoms with van der Waals surface area (Å²) in [6, 6.07) is 0.321. The summed E-state index contributed by atoms with van der Waals surface area (Å²) in [6.07, 6.45) is 4.53. The molecule has 0 spiro atoms. The molecule has 1 aliphatic carbocycles. The van der Waals surface area contributed by atoms with Gasteiger partial charge < -0.3 is 10.1 Å². The van der Waals surface area contributed by atoms with E-state index in [-0.39, 0.29) is 12.2 Å². The first kappa shape index (κ1) is 6.01. The average Bonchev–Trinajstić information content (AvgIpc) is 2.27. The molecule has 1 amide bonds. The molecule has 2 atom stereocenters. The second kappa shape index (κ2) is 2.15. The van der Waals surface area contributed by atoms with Gasteiger partial charge in [-0.2, -0.15) is 0 Å². The third-order valence-electron chi connectivity index (χ3n) is 2.26. The van der Waals surface area contributed by atoms with Crippen molar-refractivity contribution in [1.29, 1.82) is 0 Å². The van der Waals surface area contributed by atoms with Gasteiger partial charge in [-0.1, -0.05) is 6.42 Å². The molecule has 2 rings (SSSR count). The van der Waals surface area contributed by atoms with Gasteiger partial charge in [-0.25, -0.2) is 4.79 Å². The van der Waals surface area contributed by atoms with Crippen LogP contribution in [0.3, 0.4) is 0 Å². The van der Waals surface area contributed by atoms with Crippen LogP contribution in [0.1, 0.15) is 25.7 Å². The lowest BCUT2D eigenvalue weighted by Crippen LogP contribution is -2.33. The van der Waals surface area contributed by atoms with Crippen LogP contribution in [0.4, 0.5) is 4.79 Å². The van der Waals surface area contributed by atoms with E-state index in [0.717, 1.165) is 12.8 Å². The van der Waals surface area contributed by atoms with Crippen LogP contribution in [0, 0.1) is 0 Å². The zero-order chi connectivity index (χ0) is 6.97. The monoisotopic (exact) mass is 141 g/mol. The molecule has 3 heteroatoms. The lowest BCUT2D eigenvalue weighted by Gasteiger charge is -2.21. The van der Waals surface area contributed by atoms with Crippen LogP contribution >= 0.6 is 0 Å². The Morgan fingerprint density at radius 1 is 1.40 bits per heavy atom. The molecule has 1 saturated heterocycles. The van der Waals surface area contributed by atoms with Crippen LogP contribution in [0.25, 0.3) is 0 Å². The Bertz CT molecular complexity index is 142. The molecule has 1 heterocycles. The van der Waals surface area contributed by atoms with Crippen molar-refractivity contribution in [2.45, 2.75) is 37.8 Å². The number of nitrogens with one attached hydrogen (secondary N) is 1. The van der Waals surface area contributed by atoms with E-state index in [1.807, 2.05) is 0 Å². The van der Waals surface area contributed by atoms with E-state index in [0.29, 0.717) is 6.04 Å². The molecule has 1 N–H and O–H groups in total. The van der Waals surface area contributed by atoms with Crippen molar-refractivity contribution < 1.29 is 9.53 Å². The number of hydrogen-bond donors (Lipinski definition) is 1. The van der Waals surface area contributed by atoms with Crippen molar-refractivity contribution in [1.82, 2.24) is 5.32 Å². The minimum absolute atomic E-state index is 0.182. The minimum atomic E-state index is -0.225. The first-order valence-electron chi connectivity index (χ1n) is 3.83. The highest BCUT2D eigenvalue weighted by Gasteiger charge is 2.35. The SMILES string of the molecule is O=C1N[C@H]2CCCC[C@@H]2O1. The number of ether oxygens (including phenoxy) is 1. The molecule has 10 heavy (non-hydrogen) atoms. The summed E-state index contributed by atoms with van der Waals surface area (Å²) >= 11 is 0. The highest BCUT2D eigenvalue weighted by Crippen LogP contribution is 2.24. The van der Waals surface area contributed by atoms with Crippen LogP contribution in [0.15, 0.2) is 0 Å². The molecule has 0 bridgehead atoms. The summed E-state index contributed by atoms with van der Waals surface area (Å²) in [6.45, 7) is 0. The van der Waals surface area contributed by atoms with Crippen LogP contribution in [0.5, 0.6) is 0 Å². The van der Waals surface area contributed by atoms with E-state index in [1.54, 1.807) is 0 Å². The van der Waals surface area contributed by atoms with E-state index in [1.165, 1.54) is 12.8 Å². The predicted octanol–water partition coefficient (Wildman–Crippen LogP) is 1.04. The zero-order valence-electron chi connectivity index (χ0n) is 5.80. The fourth-order valence-corrected chi connectivity index (χ4v) is 1.73. The molecule has 0 aromatic carbocycles. The maximum absolute atomic E-state index is 10.7. The van der Waals surface area contributed by atoms with Gasteiger partial charge in [0.25, 0.3) is 0 Å². The number of carbonyl (C=O) groups excluding carboxylic acids is 1. The van der Waals surface area contributed by atoms with Crippen LogP contribution in [-0.2, 0) is 4.74 Å². The molecule has 2 fully saturated rings. The smallest absolute Gasteiger partial charge is 0.407 e. The first-order chi connectivity index (χ1) is 4.86. The van der Waals surface area contributed by atoms with Gasteiger partial charge in [-0.15, -0.1) is 0 Å². The molecule has 3 nitrogen and oxygen atoms in total. The van der Waals surface area contributed by atoms with Crippen LogP contribution in [-0.4, -0.2) is 18.2 Å². The molecular formula is C7H11NO2. The molecule has 2 aliphatic rings. The molecule has 1 aliphatic heterocycles. The van der Waals surface area contributed by atoms with Gasteiger partial charge in [0.05, 0.1) is 6.04 Å². The molecule has 1 saturated carbocycles. The second-order valence-electron chi connectivity index (χ2n) is 2.98. The second-order valence-corrected chi connectivity index (χ2v) is 2.98. The Kier molecular flexibility index (Phi) is 1.29. The van der Waals surface area contributed by atoms with E-state index >= 15 is 0 Å². The predicted molar refractivity (Wildman–Crippen MR) is 35.7 cm³/mol. The lowest BCUT2D eigenvalue weighted by atomic mass is 9.93. The Balaban J connectivity index is 2.04. The summed E-state index contributed by atoms with van der Waals surface area (Å²) in [4.78, 5) is 10.7. The van der Waals surface area contributed by atoms with Crippen LogP contribution < -0.4 is 5.32 Å². The van der Waals surface area contributed by atoms with Gasteiger partial charge in [-0.05, 0) is 19.3 Å². The van der Waals surface area contributed by atoms with Crippen molar-refractivity contribution in [3.05, 3.63) is 0 Å². The van der Waals surface area contributed by atoms with Gasteiger partial charge in [0.1, 0.15) is 6.10 Å². The summed E-state index contributed by atoms with van der Waals surface area (Å²) in [5.74, 6) is 0. The highest BCUT2D eigenvalue weighted by atomic mass is 16.6. The summed E-state index contributed by atoms with van der Waals surface area (Å²) < 4.78 is 5.02. The maximum atomic E-state index is 10.7. The number of alkyl carbamates (subject to hydrolysis) is 1. The molecule has 56 valence electrons. The molecule has 0 aromatic heterocycles. The van der Waals surface area contributed by atoms with Gasteiger partial charge in [0, 0.05) is 0 Å². The largest absolute Gasteiger partial charge is 0.444 e. The number of fused-ring (bicyclic) bond motifs is 1. The molecule has 0 radical (unpaired) electrons. The van der Waals surface area contributed by atoms with Gasteiger partial charge in [-0.3, -0.25) is 0 Å². The fraction of sp³-hybridized carbons (Fsp3) is 0.857. The Morgan fingerprint density at radius 3 is 3.00 bits per heavy atom. The van der Waals surface area contributed by atoms with Gasteiger partial charge >= 0.3 is 6.09 Å². The van der Waals surface area contributed by atoms with Crippen molar-refractivity contribution in [2.24, 2.45) is 0 Å². The fourth-order valence-electron chi connectivity index (χ4n) is 1.73. The van der Waals surface area contributed by atoms with Gasteiger partial charge in [0.15, 0.2) is 0 Å². The van der Waals surface area contributed by atoms with Crippen molar-refractivity contribution >= 4 is 6.09 Å². The standard InChI is InChI=1S/C7H11NO2/c9-7-8-5-3-1-2-4-6(5)10-7/h5-6H,1-4H2,(H,8,9)/t5-,6-/m0/s1. The molecule has 0 unspecified atom stereocenters. The van der Waals surface area contributed by atoms with Gasteiger partial charge in [0.2, 0.25) is 0 Å². The van der Waals surface area contributed by atoms with E-state index < -0.39 is 0 Å². The molecular weight excluding hydrogens is 130 g/mol. The van der Waals surface area contributed by atoms with Crippen molar-refractivity contribution in [2.75, 3.05) is 0 Å². The number of amides is 1. The third-order valence-corrected chi connectivity index (χ3v) is 2.26. The number of rotatable bonds is 0. The van der Waals surface area contributed by atoms with E-state index in [9.17, 15) is 4.79 Å². The van der Waals surface area contributed by atoms with Crippen molar-refractivity contribution in [3.63, 3.8) is 0 Å². The minimum Gasteiger partial charge on any atom is -0.444 e. The average molecular weight is 141 g/mol. The van der Waals surface area contributed by atoms with Crippen molar-refractivity contribution in [3.8, 4) is 0 Å². The zero-order valence-corrected chi connectivity index (χ0v) is 5.80. The quantitative estimate of drug-likeness (QED) is 0.547. The topological polar surface area (TPSA) is 38.3 Å². The molecule has 0 aromatic rings. The number of carbonyl (C=O) groups is 1. The number of hydrogen-bond acceptors (Lipinski definition) is 2. The van der Waals surface area contributed by atoms with E-state index in [4.69, 9.17) is 4.74 Å². The highest BCUT2D eigenvalue weighted by molar-refractivity contribution is 5.70. The Hall–Kier alpha value is -0.730. The maximum Gasteiger partial charge on any atom is 0.407 e. The summed E-state index contributed by atoms with van der Waals surface area (Å²) in [5, 5.41) is 2.79. The third kappa shape index (κ3) is 0.856. The first-order valence-corrected chi connectivity index (χ1v) is 3.83. The lowest BCUT2D eigenvalue weighted by molar-refractivity contribution is 0.113. The normalized spacial score (nSPS) is 38.2. The Morgan fingerprint density at radius 2 is 2.20 bits per heavy atom. The van der Waals surface area contributed by atoms with Crippen LogP contribution in [0.2, 0.25) is 0 Å². The summed E-state index contributed by atoms with van der Waals surface area (Å²) in [7, 11) is 0. The van der Waals surface area contributed by atoms with E-state index in [2.05, 4.69) is 5.32 Å². The summed E-state index contributed by atoms with van der Waals surface area (Å²) in [5.41, 5.74) is 0.